The van der Waals surface area contributed by atoms with Crippen molar-refractivity contribution < 1.29 is 9.13 Å². The van der Waals surface area contributed by atoms with Gasteiger partial charge < -0.3 is 4.74 Å². The molecule has 1 nitrogen and oxygen atoms in total. The lowest BCUT2D eigenvalue weighted by molar-refractivity contribution is 0.340. The lowest BCUT2D eigenvalue weighted by Gasteiger charge is -2.12. The molecule has 0 bridgehead atoms. The zero-order valence-corrected chi connectivity index (χ0v) is 20.6. The fraction of sp³-hybridized carbons (Fsp3) is 0.212. The van der Waals surface area contributed by atoms with Crippen LogP contribution in [-0.2, 0) is 19.3 Å². The fourth-order valence-electron chi connectivity index (χ4n) is 4.27. The summed E-state index contributed by atoms with van der Waals surface area (Å²) in [5.41, 5.74) is 6.62. The predicted octanol–water partition coefficient (Wildman–Crippen LogP) is 8.53. The molecule has 0 aliphatic heterocycles. The summed E-state index contributed by atoms with van der Waals surface area (Å²) in [6, 6.07) is 32.9. The van der Waals surface area contributed by atoms with Crippen LogP contribution in [0.5, 0.6) is 5.75 Å². The maximum atomic E-state index is 14.7. The van der Waals surface area contributed by atoms with Crippen molar-refractivity contribution in [2.45, 2.75) is 39.0 Å². The van der Waals surface area contributed by atoms with Crippen LogP contribution in [0.25, 0.3) is 12.2 Å². The Balaban J connectivity index is 1.30. The highest BCUT2D eigenvalue weighted by atomic mass is 19.1. The standard InChI is InChI=1S/C33H33FO/c1-3-35-32-21-17-27(18-22-32)15-19-31-20-16-29(24-33(31)34)14-11-26-9-12-28(13-10-26)23-25(2)30-7-5-4-6-8-30/h4-10,12-13,15-22,24-25H,3,11,14,23H2,1-2H3/t25-/m1/s1. The maximum absolute atomic E-state index is 14.7. The summed E-state index contributed by atoms with van der Waals surface area (Å²) in [4.78, 5) is 0. The molecule has 178 valence electrons. The second-order valence-corrected chi connectivity index (χ2v) is 9.02. The molecule has 2 heteroatoms. The zero-order chi connectivity index (χ0) is 24.5. The van der Waals surface area contributed by atoms with Gasteiger partial charge in [0.1, 0.15) is 11.6 Å². The van der Waals surface area contributed by atoms with E-state index >= 15 is 0 Å². The number of benzene rings is 4. The number of aryl methyl sites for hydroxylation is 2. The molecule has 0 aromatic heterocycles. The van der Waals surface area contributed by atoms with Crippen LogP contribution in [0, 0.1) is 5.82 Å². The molecule has 0 saturated heterocycles. The predicted molar refractivity (Wildman–Crippen MR) is 145 cm³/mol. The molecule has 4 aromatic rings. The van der Waals surface area contributed by atoms with Crippen molar-refractivity contribution >= 4 is 12.2 Å². The molecular weight excluding hydrogens is 431 g/mol. The van der Waals surface area contributed by atoms with E-state index in [0.29, 0.717) is 18.1 Å². The molecule has 4 rings (SSSR count). The molecule has 0 N–H and O–H groups in total. The molecule has 0 unspecified atom stereocenters. The first kappa shape index (κ1) is 24.5. The van der Waals surface area contributed by atoms with E-state index in [4.69, 9.17) is 4.74 Å². The highest BCUT2D eigenvalue weighted by Gasteiger charge is 2.07. The smallest absolute Gasteiger partial charge is 0.130 e. The van der Waals surface area contributed by atoms with Gasteiger partial charge in [0.15, 0.2) is 0 Å². The highest BCUT2D eigenvalue weighted by Crippen LogP contribution is 2.21. The molecular formula is C33H33FO. The fourth-order valence-corrected chi connectivity index (χ4v) is 4.27. The molecule has 0 radical (unpaired) electrons. The first-order valence-electron chi connectivity index (χ1n) is 12.4. The third-order valence-corrected chi connectivity index (χ3v) is 6.35. The molecule has 35 heavy (non-hydrogen) atoms. The van der Waals surface area contributed by atoms with Crippen LogP contribution < -0.4 is 4.74 Å². The molecule has 0 saturated carbocycles. The SMILES string of the molecule is CCOc1ccc(C=Cc2ccc(CCc3ccc(C[C@@H](C)c4ccccc4)cc3)cc2F)cc1. The average molecular weight is 465 g/mol. The quantitative estimate of drug-likeness (QED) is 0.214. The Labute approximate surface area is 208 Å². The minimum Gasteiger partial charge on any atom is -0.494 e. The van der Waals surface area contributed by atoms with Crippen molar-refractivity contribution in [3.8, 4) is 5.75 Å². The van der Waals surface area contributed by atoms with E-state index in [9.17, 15) is 4.39 Å². The normalized spacial score (nSPS) is 12.1. The van der Waals surface area contributed by atoms with Crippen LogP contribution in [0.15, 0.2) is 97.1 Å². The monoisotopic (exact) mass is 464 g/mol. The molecule has 0 aliphatic rings. The van der Waals surface area contributed by atoms with Crippen LogP contribution in [0.4, 0.5) is 4.39 Å². The Morgan fingerprint density at radius 3 is 2.09 bits per heavy atom. The van der Waals surface area contributed by atoms with Gasteiger partial charge in [0.05, 0.1) is 6.61 Å². The van der Waals surface area contributed by atoms with Gasteiger partial charge in [-0.05, 0) is 78.1 Å². The van der Waals surface area contributed by atoms with Gasteiger partial charge >= 0.3 is 0 Å². The van der Waals surface area contributed by atoms with Crippen LogP contribution in [0.2, 0.25) is 0 Å². The van der Waals surface area contributed by atoms with Gasteiger partial charge in [-0.2, -0.15) is 0 Å². The highest BCUT2D eigenvalue weighted by molar-refractivity contribution is 5.70. The third-order valence-electron chi connectivity index (χ3n) is 6.35. The number of hydrogen-bond donors (Lipinski definition) is 0. The van der Waals surface area contributed by atoms with Crippen molar-refractivity contribution in [1.82, 2.24) is 0 Å². The topological polar surface area (TPSA) is 9.23 Å². The van der Waals surface area contributed by atoms with Crippen molar-refractivity contribution in [2.24, 2.45) is 0 Å². The Bertz CT molecular complexity index is 1220. The molecule has 4 aromatic carbocycles. The number of ether oxygens (including phenoxy) is 1. The maximum Gasteiger partial charge on any atom is 0.130 e. The second kappa shape index (κ2) is 12.2. The van der Waals surface area contributed by atoms with E-state index in [1.165, 1.54) is 16.7 Å². The molecule has 0 fully saturated rings. The Morgan fingerprint density at radius 2 is 1.40 bits per heavy atom. The summed E-state index contributed by atoms with van der Waals surface area (Å²) in [5, 5.41) is 0. The first-order chi connectivity index (χ1) is 17.1. The van der Waals surface area contributed by atoms with E-state index < -0.39 is 0 Å². The van der Waals surface area contributed by atoms with Crippen LogP contribution in [0.3, 0.4) is 0 Å². The minimum absolute atomic E-state index is 0.185. The molecule has 0 aliphatic carbocycles. The second-order valence-electron chi connectivity index (χ2n) is 9.02. The van der Waals surface area contributed by atoms with Gasteiger partial charge in [-0.25, -0.2) is 4.39 Å². The van der Waals surface area contributed by atoms with Crippen LogP contribution >= 0.6 is 0 Å². The largest absolute Gasteiger partial charge is 0.494 e. The number of halogens is 1. The summed E-state index contributed by atoms with van der Waals surface area (Å²) in [6.45, 7) is 4.88. The van der Waals surface area contributed by atoms with Crippen molar-refractivity contribution in [3.05, 3.63) is 136 Å². The zero-order valence-electron chi connectivity index (χ0n) is 20.6. The van der Waals surface area contributed by atoms with Gasteiger partial charge in [0.25, 0.3) is 0 Å². The number of hydrogen-bond acceptors (Lipinski definition) is 1. The summed E-state index contributed by atoms with van der Waals surface area (Å²) < 4.78 is 20.2. The van der Waals surface area contributed by atoms with Crippen molar-refractivity contribution in [3.63, 3.8) is 0 Å². The van der Waals surface area contributed by atoms with E-state index in [0.717, 1.165) is 36.1 Å². The Morgan fingerprint density at radius 1 is 0.743 bits per heavy atom. The molecule has 0 spiro atoms. The van der Waals surface area contributed by atoms with E-state index in [-0.39, 0.29) is 5.82 Å². The summed E-state index contributed by atoms with van der Waals surface area (Å²) in [6.07, 6.45) is 6.49. The lowest BCUT2D eigenvalue weighted by Crippen LogP contribution is -1.99. The van der Waals surface area contributed by atoms with Crippen LogP contribution in [-0.4, -0.2) is 6.61 Å². The summed E-state index contributed by atoms with van der Waals surface area (Å²) >= 11 is 0. The van der Waals surface area contributed by atoms with Gasteiger partial charge in [-0.3, -0.25) is 0 Å². The molecule has 1 atom stereocenters. The van der Waals surface area contributed by atoms with Crippen molar-refractivity contribution in [2.75, 3.05) is 6.61 Å². The van der Waals surface area contributed by atoms with E-state index in [2.05, 4.69) is 61.5 Å². The van der Waals surface area contributed by atoms with Gasteiger partial charge in [0.2, 0.25) is 0 Å². The Kier molecular flexibility index (Phi) is 8.51. The van der Waals surface area contributed by atoms with Gasteiger partial charge in [-0.15, -0.1) is 0 Å². The summed E-state index contributed by atoms with van der Waals surface area (Å²) in [5.74, 6) is 1.15. The summed E-state index contributed by atoms with van der Waals surface area (Å²) in [7, 11) is 0. The van der Waals surface area contributed by atoms with Gasteiger partial charge in [-0.1, -0.05) is 97.9 Å². The minimum atomic E-state index is -0.185. The average Bonchev–Trinajstić information content (AvgIpc) is 2.89. The Hall–Kier alpha value is -3.65. The molecule has 0 amide bonds. The lowest BCUT2D eigenvalue weighted by atomic mass is 9.93. The van der Waals surface area contributed by atoms with E-state index in [1.807, 2.05) is 55.5 Å². The first-order valence-corrected chi connectivity index (χ1v) is 12.4. The van der Waals surface area contributed by atoms with Crippen LogP contribution in [0.1, 0.15) is 53.1 Å². The number of rotatable bonds is 10. The van der Waals surface area contributed by atoms with Gasteiger partial charge in [0, 0.05) is 5.56 Å². The molecule has 0 heterocycles. The third kappa shape index (κ3) is 7.16. The van der Waals surface area contributed by atoms with Crippen molar-refractivity contribution in [1.29, 1.82) is 0 Å². The van der Waals surface area contributed by atoms with E-state index in [1.54, 1.807) is 6.07 Å².